The number of alkyl halides is 3. The molecule has 110 valence electrons. The minimum Gasteiger partial charge on any atom is -0.301 e. The standard InChI is InChI=1S/C11H11F3N2O3S/c1-10(2,6-17)15-20-7-3-4-9(16(18)19)8(5-7)11(12,13)14/h3-6,15H,1-2H3. The Morgan fingerprint density at radius 2 is 1.95 bits per heavy atom. The van der Waals surface area contributed by atoms with Crippen LogP contribution in [0, 0.1) is 10.1 Å². The minimum atomic E-state index is -4.82. The number of nitro benzene ring substituents is 1. The summed E-state index contributed by atoms with van der Waals surface area (Å²) in [6, 6.07) is 2.66. The maximum absolute atomic E-state index is 12.7. The van der Waals surface area contributed by atoms with Crippen LogP contribution in [0.1, 0.15) is 19.4 Å². The number of carbonyl (C=O) groups is 1. The molecule has 0 aromatic heterocycles. The zero-order valence-electron chi connectivity index (χ0n) is 10.5. The van der Waals surface area contributed by atoms with Gasteiger partial charge in [-0.15, -0.1) is 0 Å². The van der Waals surface area contributed by atoms with Crippen LogP contribution in [0.3, 0.4) is 0 Å². The van der Waals surface area contributed by atoms with Gasteiger partial charge in [0.2, 0.25) is 0 Å². The van der Waals surface area contributed by atoms with Crippen molar-refractivity contribution in [3.8, 4) is 0 Å². The second-order valence-corrected chi connectivity index (χ2v) is 5.36. The van der Waals surface area contributed by atoms with E-state index in [1.807, 2.05) is 0 Å². The van der Waals surface area contributed by atoms with E-state index in [2.05, 4.69) is 4.72 Å². The third-order valence-corrected chi connectivity index (χ3v) is 3.31. The molecular weight excluding hydrogens is 297 g/mol. The fourth-order valence-corrected chi connectivity index (χ4v) is 1.92. The van der Waals surface area contributed by atoms with Crippen LogP contribution >= 0.6 is 11.9 Å². The number of halogens is 3. The smallest absolute Gasteiger partial charge is 0.301 e. The molecule has 5 nitrogen and oxygen atoms in total. The average Bonchev–Trinajstić information content (AvgIpc) is 2.35. The minimum absolute atomic E-state index is 0.123. The highest BCUT2D eigenvalue weighted by Gasteiger charge is 2.38. The average molecular weight is 308 g/mol. The molecule has 0 bridgehead atoms. The first-order chi connectivity index (χ1) is 9.07. The van der Waals surface area contributed by atoms with E-state index in [0.29, 0.717) is 12.4 Å². The maximum atomic E-state index is 12.7. The van der Waals surface area contributed by atoms with Crippen LogP contribution in [0.15, 0.2) is 23.1 Å². The highest BCUT2D eigenvalue weighted by atomic mass is 32.2. The van der Waals surface area contributed by atoms with Gasteiger partial charge in [-0.3, -0.25) is 10.1 Å². The van der Waals surface area contributed by atoms with E-state index in [0.717, 1.165) is 18.0 Å². The molecular formula is C11H11F3N2O3S. The van der Waals surface area contributed by atoms with E-state index in [4.69, 9.17) is 0 Å². The van der Waals surface area contributed by atoms with Crippen LogP contribution in [0.4, 0.5) is 18.9 Å². The Balaban J connectivity index is 3.08. The summed E-state index contributed by atoms with van der Waals surface area (Å²) < 4.78 is 40.9. The van der Waals surface area contributed by atoms with Crippen LogP contribution < -0.4 is 4.72 Å². The largest absolute Gasteiger partial charge is 0.423 e. The van der Waals surface area contributed by atoms with E-state index in [-0.39, 0.29) is 4.90 Å². The van der Waals surface area contributed by atoms with Crippen LogP contribution in [0.25, 0.3) is 0 Å². The molecule has 0 aliphatic heterocycles. The Morgan fingerprint density at radius 3 is 2.40 bits per heavy atom. The molecule has 0 radical (unpaired) electrons. The number of carbonyl (C=O) groups excluding carboxylic acids is 1. The zero-order chi connectivity index (χ0) is 15.6. The molecule has 1 rings (SSSR count). The summed E-state index contributed by atoms with van der Waals surface area (Å²) in [6.45, 7) is 3.09. The summed E-state index contributed by atoms with van der Waals surface area (Å²) in [5, 5.41) is 10.6. The molecule has 0 amide bonds. The second kappa shape index (κ2) is 5.80. The lowest BCUT2D eigenvalue weighted by molar-refractivity contribution is -0.388. The number of hydrogen-bond donors (Lipinski definition) is 1. The highest BCUT2D eigenvalue weighted by molar-refractivity contribution is 7.97. The van der Waals surface area contributed by atoms with Gasteiger partial charge in [-0.1, -0.05) is 0 Å². The van der Waals surface area contributed by atoms with Crippen LogP contribution in [0.2, 0.25) is 0 Å². The number of aldehydes is 1. The van der Waals surface area contributed by atoms with Crippen molar-refractivity contribution >= 4 is 23.9 Å². The summed E-state index contributed by atoms with van der Waals surface area (Å²) in [7, 11) is 0. The Bertz CT molecular complexity index is 532. The van der Waals surface area contributed by atoms with Crippen molar-refractivity contribution in [1.82, 2.24) is 4.72 Å². The van der Waals surface area contributed by atoms with Gasteiger partial charge in [0.15, 0.2) is 0 Å². The first kappa shape index (κ1) is 16.4. The number of benzene rings is 1. The van der Waals surface area contributed by atoms with Crippen LogP contribution in [0.5, 0.6) is 0 Å². The van der Waals surface area contributed by atoms with Crippen molar-refractivity contribution < 1.29 is 22.9 Å². The predicted octanol–water partition coefficient (Wildman–Crippen LogP) is 3.19. The SMILES string of the molecule is CC(C)(C=O)NSc1ccc([N+](=O)[O-])c(C(F)(F)F)c1. The van der Waals surface area contributed by atoms with Crippen molar-refractivity contribution in [2.75, 3.05) is 0 Å². The van der Waals surface area contributed by atoms with Gasteiger partial charge in [0, 0.05) is 11.0 Å². The van der Waals surface area contributed by atoms with E-state index >= 15 is 0 Å². The monoisotopic (exact) mass is 308 g/mol. The molecule has 20 heavy (non-hydrogen) atoms. The Labute approximate surface area is 116 Å². The maximum Gasteiger partial charge on any atom is 0.423 e. The summed E-state index contributed by atoms with van der Waals surface area (Å²) in [4.78, 5) is 20.3. The molecule has 0 aliphatic carbocycles. The van der Waals surface area contributed by atoms with Crippen LogP contribution in [-0.2, 0) is 11.0 Å². The van der Waals surface area contributed by atoms with Gasteiger partial charge in [0.05, 0.1) is 10.5 Å². The van der Waals surface area contributed by atoms with Crippen molar-refractivity contribution in [3.05, 3.63) is 33.9 Å². The number of hydrogen-bond acceptors (Lipinski definition) is 5. The Kier molecular flexibility index (Phi) is 4.77. The van der Waals surface area contributed by atoms with Crippen molar-refractivity contribution in [3.63, 3.8) is 0 Å². The second-order valence-electron chi connectivity index (χ2n) is 4.48. The zero-order valence-corrected chi connectivity index (χ0v) is 11.3. The van der Waals surface area contributed by atoms with E-state index < -0.39 is 27.9 Å². The first-order valence-corrected chi connectivity index (χ1v) is 6.14. The molecule has 0 fully saturated rings. The summed E-state index contributed by atoms with van der Waals surface area (Å²) in [5.74, 6) is 0. The van der Waals surface area contributed by atoms with Crippen molar-refractivity contribution in [2.24, 2.45) is 0 Å². The molecule has 0 spiro atoms. The predicted molar refractivity (Wildman–Crippen MR) is 67.2 cm³/mol. The van der Waals surface area contributed by atoms with Gasteiger partial charge in [-0.05, 0) is 37.9 Å². The van der Waals surface area contributed by atoms with Gasteiger partial charge in [-0.2, -0.15) is 13.2 Å². The molecule has 0 unspecified atom stereocenters. The summed E-state index contributed by atoms with van der Waals surface area (Å²) in [5.41, 5.74) is -3.25. The van der Waals surface area contributed by atoms with Gasteiger partial charge >= 0.3 is 6.18 Å². The topological polar surface area (TPSA) is 72.2 Å². The third-order valence-electron chi connectivity index (χ3n) is 2.20. The van der Waals surface area contributed by atoms with E-state index in [1.165, 1.54) is 6.07 Å². The lowest BCUT2D eigenvalue weighted by Gasteiger charge is -2.18. The molecule has 9 heteroatoms. The lowest BCUT2D eigenvalue weighted by atomic mass is 10.1. The molecule has 0 heterocycles. The van der Waals surface area contributed by atoms with E-state index in [1.54, 1.807) is 13.8 Å². The van der Waals surface area contributed by atoms with Crippen molar-refractivity contribution in [2.45, 2.75) is 30.5 Å². The summed E-state index contributed by atoms with van der Waals surface area (Å²) in [6.07, 6.45) is -4.21. The Morgan fingerprint density at radius 1 is 1.35 bits per heavy atom. The highest BCUT2D eigenvalue weighted by Crippen LogP contribution is 2.38. The molecule has 1 aromatic rings. The molecule has 1 aromatic carbocycles. The van der Waals surface area contributed by atoms with E-state index in [9.17, 15) is 28.1 Å². The van der Waals surface area contributed by atoms with Crippen LogP contribution in [-0.4, -0.2) is 16.7 Å². The van der Waals surface area contributed by atoms with Gasteiger partial charge in [-0.25, -0.2) is 4.72 Å². The normalized spacial score (nSPS) is 12.2. The number of nitrogens with zero attached hydrogens (tertiary/aromatic N) is 1. The molecule has 1 N–H and O–H groups in total. The third kappa shape index (κ3) is 4.20. The molecule has 0 saturated carbocycles. The Hall–Kier alpha value is -1.61. The van der Waals surface area contributed by atoms with Crippen molar-refractivity contribution in [1.29, 1.82) is 0 Å². The first-order valence-electron chi connectivity index (χ1n) is 5.33. The molecule has 0 atom stereocenters. The number of nitro groups is 1. The van der Waals surface area contributed by atoms with Gasteiger partial charge in [0.25, 0.3) is 5.69 Å². The fraction of sp³-hybridized carbons (Fsp3) is 0.364. The van der Waals surface area contributed by atoms with Gasteiger partial charge in [0.1, 0.15) is 11.8 Å². The quantitative estimate of drug-likeness (QED) is 0.391. The lowest BCUT2D eigenvalue weighted by Crippen LogP contribution is -2.35. The fourth-order valence-electron chi connectivity index (χ4n) is 1.18. The number of rotatable bonds is 5. The molecule has 0 saturated heterocycles. The summed E-state index contributed by atoms with van der Waals surface area (Å²) >= 11 is 0.799. The number of nitrogens with one attached hydrogen (secondary N) is 1. The molecule has 0 aliphatic rings. The van der Waals surface area contributed by atoms with Gasteiger partial charge < -0.3 is 4.79 Å².